The second-order valence-electron chi connectivity index (χ2n) is 7.59. The molecule has 1 aliphatic heterocycles. The van der Waals surface area contributed by atoms with Crippen LogP contribution < -0.4 is 19.7 Å². The first-order chi connectivity index (χ1) is 16.5. The first kappa shape index (κ1) is 22.9. The molecule has 1 saturated heterocycles. The number of rotatable bonds is 9. The summed E-state index contributed by atoms with van der Waals surface area (Å²) in [5.41, 5.74) is 0.931. The van der Waals surface area contributed by atoms with Gasteiger partial charge in [-0.25, -0.2) is 9.69 Å². The summed E-state index contributed by atoms with van der Waals surface area (Å²) >= 11 is 0. The van der Waals surface area contributed by atoms with Crippen LogP contribution in [0.2, 0.25) is 0 Å². The SMILES string of the molecule is CCOc1ccc(NC(=O)CC2C(=O)N(c3cccc(OC)c3)C(=O)N2Cc2ccco2)cc1. The average molecular weight is 463 g/mol. The van der Waals surface area contributed by atoms with Crippen LogP contribution in [-0.4, -0.2) is 42.5 Å². The van der Waals surface area contributed by atoms with Gasteiger partial charge >= 0.3 is 6.03 Å². The van der Waals surface area contributed by atoms with E-state index in [4.69, 9.17) is 13.9 Å². The lowest BCUT2D eigenvalue weighted by Crippen LogP contribution is -2.37. The lowest BCUT2D eigenvalue weighted by atomic mass is 10.1. The van der Waals surface area contributed by atoms with Gasteiger partial charge < -0.3 is 24.1 Å². The summed E-state index contributed by atoms with van der Waals surface area (Å²) < 4.78 is 16.0. The summed E-state index contributed by atoms with van der Waals surface area (Å²) in [7, 11) is 1.50. The molecule has 4 rings (SSSR count). The minimum atomic E-state index is -0.994. The highest BCUT2D eigenvalue weighted by Crippen LogP contribution is 2.30. The molecule has 1 aromatic heterocycles. The molecule has 9 heteroatoms. The van der Waals surface area contributed by atoms with Crippen molar-refractivity contribution in [1.82, 2.24) is 4.90 Å². The molecule has 1 fully saturated rings. The molecule has 1 N–H and O–H groups in total. The minimum absolute atomic E-state index is 0.0546. The summed E-state index contributed by atoms with van der Waals surface area (Å²) in [5.74, 6) is 0.812. The maximum atomic E-state index is 13.4. The van der Waals surface area contributed by atoms with Crippen molar-refractivity contribution in [3.05, 3.63) is 72.7 Å². The van der Waals surface area contributed by atoms with E-state index in [1.54, 1.807) is 60.7 Å². The molecule has 0 spiro atoms. The number of amides is 4. The molecule has 2 heterocycles. The Hall–Kier alpha value is -4.27. The minimum Gasteiger partial charge on any atom is -0.497 e. The molecular weight excluding hydrogens is 438 g/mol. The van der Waals surface area contributed by atoms with Crippen molar-refractivity contribution < 1.29 is 28.3 Å². The van der Waals surface area contributed by atoms with E-state index in [1.807, 2.05) is 6.92 Å². The molecule has 0 saturated carbocycles. The number of anilines is 2. The molecule has 176 valence electrons. The second-order valence-corrected chi connectivity index (χ2v) is 7.59. The lowest BCUT2D eigenvalue weighted by molar-refractivity contribution is -0.124. The van der Waals surface area contributed by atoms with Crippen LogP contribution >= 0.6 is 0 Å². The number of nitrogens with zero attached hydrogens (tertiary/aromatic N) is 2. The number of nitrogens with one attached hydrogen (secondary N) is 1. The summed E-state index contributed by atoms with van der Waals surface area (Å²) in [5, 5.41) is 2.78. The third-order valence-corrected chi connectivity index (χ3v) is 5.36. The Balaban J connectivity index is 1.55. The van der Waals surface area contributed by atoms with E-state index in [0.29, 0.717) is 35.2 Å². The number of hydrogen-bond acceptors (Lipinski definition) is 6. The number of furan rings is 1. The van der Waals surface area contributed by atoms with Crippen molar-refractivity contribution in [3.63, 3.8) is 0 Å². The molecule has 1 aliphatic rings. The van der Waals surface area contributed by atoms with Crippen molar-refractivity contribution in [1.29, 1.82) is 0 Å². The second kappa shape index (κ2) is 10.1. The Morgan fingerprint density at radius 3 is 2.53 bits per heavy atom. The standard InChI is InChI=1S/C25H25N3O6/c1-3-33-19-11-9-17(10-12-19)26-23(29)15-22-24(30)28(18-6-4-7-20(14-18)32-2)25(31)27(22)16-21-8-5-13-34-21/h4-14,22H,3,15-16H2,1-2H3,(H,26,29). The van der Waals surface area contributed by atoms with Gasteiger partial charge in [-0.05, 0) is 55.5 Å². The van der Waals surface area contributed by atoms with Crippen molar-refractivity contribution in [3.8, 4) is 11.5 Å². The van der Waals surface area contributed by atoms with Crippen LogP contribution in [0.1, 0.15) is 19.1 Å². The Morgan fingerprint density at radius 1 is 1.06 bits per heavy atom. The van der Waals surface area contributed by atoms with Gasteiger partial charge in [0.05, 0.1) is 38.6 Å². The number of hydrogen-bond donors (Lipinski definition) is 1. The fourth-order valence-electron chi connectivity index (χ4n) is 3.76. The number of carbonyl (C=O) groups is 3. The topological polar surface area (TPSA) is 101 Å². The van der Waals surface area contributed by atoms with Gasteiger partial charge in [-0.3, -0.25) is 9.59 Å². The van der Waals surface area contributed by atoms with Gasteiger partial charge in [0.25, 0.3) is 5.91 Å². The Bertz CT molecular complexity index is 1160. The van der Waals surface area contributed by atoms with Crippen molar-refractivity contribution in [2.45, 2.75) is 25.9 Å². The fraction of sp³-hybridized carbons (Fsp3) is 0.240. The largest absolute Gasteiger partial charge is 0.497 e. The summed E-state index contributed by atoms with van der Waals surface area (Å²) in [6, 6.07) is 15.5. The highest BCUT2D eigenvalue weighted by molar-refractivity contribution is 6.22. The number of urea groups is 1. The zero-order valence-corrected chi connectivity index (χ0v) is 18.9. The first-order valence-electron chi connectivity index (χ1n) is 10.8. The van der Waals surface area contributed by atoms with Gasteiger partial charge in [0.15, 0.2) is 0 Å². The molecule has 4 amide bonds. The third-order valence-electron chi connectivity index (χ3n) is 5.36. The van der Waals surface area contributed by atoms with Crippen molar-refractivity contribution >= 4 is 29.2 Å². The van der Waals surface area contributed by atoms with Crippen molar-refractivity contribution in [2.24, 2.45) is 0 Å². The number of ether oxygens (including phenoxy) is 2. The molecule has 0 aliphatic carbocycles. The quantitative estimate of drug-likeness (QED) is 0.481. The number of imide groups is 1. The maximum Gasteiger partial charge on any atom is 0.332 e. The van der Waals surface area contributed by atoms with E-state index in [2.05, 4.69) is 5.32 Å². The summed E-state index contributed by atoms with van der Waals surface area (Å²) in [6.45, 7) is 2.48. The molecule has 3 aromatic rings. The highest BCUT2D eigenvalue weighted by atomic mass is 16.5. The maximum absolute atomic E-state index is 13.4. The lowest BCUT2D eigenvalue weighted by Gasteiger charge is -2.20. The highest BCUT2D eigenvalue weighted by Gasteiger charge is 2.47. The van der Waals surface area contributed by atoms with Gasteiger partial charge in [-0.1, -0.05) is 6.07 Å². The van der Waals surface area contributed by atoms with E-state index < -0.39 is 23.9 Å². The Morgan fingerprint density at radius 2 is 1.85 bits per heavy atom. The number of methoxy groups -OCH3 is 1. The molecule has 0 bridgehead atoms. The van der Waals surface area contributed by atoms with E-state index in [0.717, 1.165) is 4.90 Å². The molecule has 2 aromatic carbocycles. The van der Waals surface area contributed by atoms with Crippen molar-refractivity contribution in [2.75, 3.05) is 23.9 Å². The van der Waals surface area contributed by atoms with Crippen LogP contribution in [0.15, 0.2) is 71.3 Å². The predicted molar refractivity (Wildman–Crippen MR) is 125 cm³/mol. The van der Waals surface area contributed by atoms with Gasteiger partial charge in [-0.2, -0.15) is 0 Å². The fourth-order valence-corrected chi connectivity index (χ4v) is 3.76. The summed E-state index contributed by atoms with van der Waals surface area (Å²) in [6.07, 6.45) is 1.28. The number of benzene rings is 2. The summed E-state index contributed by atoms with van der Waals surface area (Å²) in [4.78, 5) is 41.9. The predicted octanol–water partition coefficient (Wildman–Crippen LogP) is 4.05. The molecular formula is C25H25N3O6. The van der Waals surface area contributed by atoms with Gasteiger partial charge in [-0.15, -0.1) is 0 Å². The van der Waals surface area contributed by atoms with Gasteiger partial charge in [0, 0.05) is 11.8 Å². The normalized spacial score (nSPS) is 15.5. The van der Waals surface area contributed by atoms with Crippen LogP contribution in [0.25, 0.3) is 0 Å². The third kappa shape index (κ3) is 4.88. The average Bonchev–Trinajstić information content (AvgIpc) is 3.43. The first-order valence-corrected chi connectivity index (χ1v) is 10.8. The van der Waals surface area contributed by atoms with Gasteiger partial charge in [0.2, 0.25) is 5.91 Å². The zero-order chi connectivity index (χ0) is 24.1. The van der Waals surface area contributed by atoms with Crippen LogP contribution in [0.5, 0.6) is 11.5 Å². The van der Waals surface area contributed by atoms with E-state index >= 15 is 0 Å². The van der Waals surface area contributed by atoms with Crippen LogP contribution in [0.4, 0.5) is 16.2 Å². The van der Waals surface area contributed by atoms with E-state index in [1.165, 1.54) is 18.3 Å². The molecule has 0 radical (unpaired) electrons. The smallest absolute Gasteiger partial charge is 0.332 e. The zero-order valence-electron chi connectivity index (χ0n) is 18.9. The van der Waals surface area contributed by atoms with E-state index in [-0.39, 0.29) is 13.0 Å². The van der Waals surface area contributed by atoms with Gasteiger partial charge in [0.1, 0.15) is 23.3 Å². The van der Waals surface area contributed by atoms with E-state index in [9.17, 15) is 14.4 Å². The molecule has 1 atom stereocenters. The Labute approximate surface area is 196 Å². The number of carbonyl (C=O) groups excluding carboxylic acids is 3. The van der Waals surface area contributed by atoms with Crippen LogP contribution in [0.3, 0.4) is 0 Å². The molecule has 1 unspecified atom stereocenters. The van der Waals surface area contributed by atoms with Crippen LogP contribution in [-0.2, 0) is 16.1 Å². The Kier molecular flexibility index (Phi) is 6.82. The molecule has 34 heavy (non-hydrogen) atoms. The monoisotopic (exact) mass is 463 g/mol. The molecule has 9 nitrogen and oxygen atoms in total. The van der Waals surface area contributed by atoms with Crippen LogP contribution in [0, 0.1) is 0 Å².